The fraction of sp³-hybridized carbons (Fsp3) is 0.310. The monoisotopic (exact) mass is 785 g/mol. The van der Waals surface area contributed by atoms with Crippen molar-refractivity contribution in [3.05, 3.63) is 124 Å². The molecule has 12 heteroatoms. The third-order valence-electron chi connectivity index (χ3n) is 10.5. The Labute approximate surface area is 323 Å². The van der Waals surface area contributed by atoms with Gasteiger partial charge in [-0.1, -0.05) is 67.4 Å². The number of amides is 1. The van der Waals surface area contributed by atoms with Crippen LogP contribution in [0.1, 0.15) is 60.2 Å². The molecule has 0 unspecified atom stereocenters. The van der Waals surface area contributed by atoms with Crippen LogP contribution in [0.4, 0.5) is 5.69 Å². The third kappa shape index (κ3) is 8.44. The molecule has 0 bridgehead atoms. The summed E-state index contributed by atoms with van der Waals surface area (Å²) >= 11 is 6.22. The van der Waals surface area contributed by atoms with Gasteiger partial charge in [-0.3, -0.25) is 9.69 Å². The fourth-order valence-corrected chi connectivity index (χ4v) is 9.17. The molecule has 1 fully saturated rings. The summed E-state index contributed by atoms with van der Waals surface area (Å²) in [5.41, 5.74) is 7.33. The van der Waals surface area contributed by atoms with Gasteiger partial charge in [0.1, 0.15) is 11.5 Å². The van der Waals surface area contributed by atoms with Crippen LogP contribution >= 0.6 is 11.6 Å². The van der Waals surface area contributed by atoms with E-state index in [4.69, 9.17) is 16.3 Å². The first-order valence-electron chi connectivity index (χ1n) is 18.1. The first-order valence-corrected chi connectivity index (χ1v) is 21.8. The fourth-order valence-electron chi connectivity index (χ4n) is 7.45. The molecule has 0 radical (unpaired) electrons. The number of allylic oxidation sites excluding steroid dienone is 2. The molecule has 282 valence electrons. The molecule has 0 saturated carbocycles. The Morgan fingerprint density at radius 3 is 2.28 bits per heavy atom. The number of hydrogen-bond acceptors (Lipinski definition) is 8. The predicted octanol–water partition coefficient (Wildman–Crippen LogP) is 8.01. The predicted molar refractivity (Wildman–Crippen MR) is 215 cm³/mol. The number of nitrogens with one attached hydrogen (secondary N) is 1. The molecule has 0 spiro atoms. The van der Waals surface area contributed by atoms with E-state index in [2.05, 4.69) is 40.5 Å². The van der Waals surface area contributed by atoms with Gasteiger partial charge in [0.2, 0.25) is 0 Å². The Morgan fingerprint density at radius 1 is 0.870 bits per heavy atom. The van der Waals surface area contributed by atoms with Crippen molar-refractivity contribution in [1.29, 1.82) is 0 Å². The molecule has 1 aliphatic heterocycles. The Bertz CT molecular complexity index is 2360. The van der Waals surface area contributed by atoms with Gasteiger partial charge in [0.15, 0.2) is 9.84 Å². The van der Waals surface area contributed by atoms with E-state index in [1.54, 1.807) is 12.1 Å². The Kier molecular flexibility index (Phi) is 10.5. The second kappa shape index (κ2) is 15.0. The molecular formula is C42H44ClN3O6S2. The van der Waals surface area contributed by atoms with E-state index in [9.17, 15) is 21.6 Å². The van der Waals surface area contributed by atoms with Crippen LogP contribution in [0.15, 0.2) is 106 Å². The SMILES string of the molecule is CC1(C)CCC(CN2CCN(c3ccc(C(=O)NS(=O)(=O)c4ccc(S(C)(=O)=O)cc4)c(Oc4cccc5c4C=CC5)c3)CC2)=C(c2ccc(Cl)cc2)C1. The second-order valence-corrected chi connectivity index (χ2v) is 19.2. The number of rotatable bonds is 10. The van der Waals surface area contributed by atoms with Gasteiger partial charge < -0.3 is 9.64 Å². The number of benzene rings is 4. The summed E-state index contributed by atoms with van der Waals surface area (Å²) in [6, 6.07) is 23.9. The molecular weight excluding hydrogens is 742 g/mol. The van der Waals surface area contributed by atoms with Crippen molar-refractivity contribution in [2.24, 2.45) is 5.41 Å². The van der Waals surface area contributed by atoms with Gasteiger partial charge in [0.05, 0.1) is 15.4 Å². The van der Waals surface area contributed by atoms with Crippen LogP contribution in [0.2, 0.25) is 5.02 Å². The summed E-state index contributed by atoms with van der Waals surface area (Å²) in [4.78, 5) is 18.2. The van der Waals surface area contributed by atoms with E-state index in [0.717, 1.165) is 98.6 Å². The first kappa shape index (κ1) is 37.9. The summed E-state index contributed by atoms with van der Waals surface area (Å²) in [5.74, 6) is -0.0691. The highest BCUT2D eigenvalue weighted by molar-refractivity contribution is 7.91. The highest BCUT2D eigenvalue weighted by atomic mass is 35.5. The second-order valence-electron chi connectivity index (χ2n) is 15.1. The average Bonchev–Trinajstić information content (AvgIpc) is 3.63. The number of fused-ring (bicyclic) bond motifs is 1. The van der Waals surface area contributed by atoms with Crippen LogP contribution < -0.4 is 14.4 Å². The zero-order valence-electron chi connectivity index (χ0n) is 30.6. The molecule has 1 saturated heterocycles. The Hall–Kier alpha value is -4.42. The highest BCUT2D eigenvalue weighted by Gasteiger charge is 2.30. The summed E-state index contributed by atoms with van der Waals surface area (Å²) in [5, 5.41) is 0.739. The normalized spacial score (nSPS) is 17.4. The number of carbonyl (C=O) groups excluding carboxylic acids is 1. The largest absolute Gasteiger partial charge is 0.456 e. The van der Waals surface area contributed by atoms with Crippen LogP contribution in [0.3, 0.4) is 0 Å². The molecule has 3 aliphatic rings. The first-order chi connectivity index (χ1) is 25.6. The molecule has 0 atom stereocenters. The van der Waals surface area contributed by atoms with Crippen molar-refractivity contribution in [3.8, 4) is 11.5 Å². The lowest BCUT2D eigenvalue weighted by Gasteiger charge is -2.39. The molecule has 2 aliphatic carbocycles. The number of piperazine rings is 1. The van der Waals surface area contributed by atoms with E-state index in [0.29, 0.717) is 5.75 Å². The van der Waals surface area contributed by atoms with E-state index in [1.165, 1.54) is 28.8 Å². The van der Waals surface area contributed by atoms with Crippen molar-refractivity contribution in [2.75, 3.05) is 43.9 Å². The highest BCUT2D eigenvalue weighted by Crippen LogP contribution is 2.43. The number of ether oxygens (including phenoxy) is 1. The number of halogens is 1. The van der Waals surface area contributed by atoms with Crippen molar-refractivity contribution in [1.82, 2.24) is 9.62 Å². The Balaban J connectivity index is 1.11. The third-order valence-corrected chi connectivity index (χ3v) is 13.3. The molecule has 1 heterocycles. The minimum Gasteiger partial charge on any atom is -0.456 e. The van der Waals surface area contributed by atoms with E-state index >= 15 is 0 Å². The lowest BCUT2D eigenvalue weighted by atomic mass is 9.72. The standard InChI is InChI=1S/C42H44ClN3O6S2/c1-42(2)21-20-31(38(27-42)30-10-12-32(43)13-11-30)28-45-22-24-46(25-23-45)33-14-19-37(40(26-33)52-39-9-5-7-29-6-4-8-36(29)39)41(47)44-54(50,51)35-17-15-34(16-18-35)53(3,48)49/h4-5,7-19,26H,6,20-25,27-28H2,1-3H3,(H,44,47). The van der Waals surface area contributed by atoms with Crippen LogP contribution in [-0.4, -0.2) is 66.6 Å². The van der Waals surface area contributed by atoms with Crippen molar-refractivity contribution >= 4 is 54.7 Å². The van der Waals surface area contributed by atoms with Gasteiger partial charge in [-0.15, -0.1) is 0 Å². The summed E-state index contributed by atoms with van der Waals surface area (Å²) in [6.45, 7) is 8.83. The minimum absolute atomic E-state index is 0.0258. The lowest BCUT2D eigenvalue weighted by molar-refractivity contribution is 0.0979. The molecule has 9 nitrogen and oxygen atoms in total. The van der Waals surface area contributed by atoms with Gasteiger partial charge in [-0.25, -0.2) is 21.6 Å². The van der Waals surface area contributed by atoms with E-state index < -0.39 is 25.8 Å². The lowest BCUT2D eigenvalue weighted by Crippen LogP contribution is -2.47. The number of nitrogens with zero attached hydrogens (tertiary/aromatic N) is 2. The molecule has 7 rings (SSSR count). The van der Waals surface area contributed by atoms with Gasteiger partial charge in [-0.05, 0) is 102 Å². The van der Waals surface area contributed by atoms with Crippen LogP contribution in [0, 0.1) is 5.41 Å². The maximum atomic E-state index is 13.7. The molecule has 4 aromatic rings. The Morgan fingerprint density at radius 2 is 1.57 bits per heavy atom. The number of carbonyl (C=O) groups is 1. The maximum Gasteiger partial charge on any atom is 0.268 e. The van der Waals surface area contributed by atoms with Crippen LogP contribution in [0.5, 0.6) is 11.5 Å². The number of anilines is 1. The summed E-state index contributed by atoms with van der Waals surface area (Å²) in [7, 11) is -7.86. The zero-order valence-corrected chi connectivity index (χ0v) is 33.0. The molecule has 0 aromatic heterocycles. The zero-order chi connectivity index (χ0) is 38.3. The van der Waals surface area contributed by atoms with Crippen molar-refractivity contribution < 1.29 is 26.4 Å². The average molecular weight is 786 g/mol. The summed E-state index contributed by atoms with van der Waals surface area (Å²) < 4.78 is 59.0. The van der Waals surface area contributed by atoms with E-state index in [1.807, 2.05) is 48.6 Å². The number of hydrogen-bond donors (Lipinski definition) is 1. The molecule has 54 heavy (non-hydrogen) atoms. The number of sulfone groups is 1. The summed E-state index contributed by atoms with van der Waals surface area (Å²) in [6.07, 6.45) is 9.09. The molecule has 1 N–H and O–H groups in total. The van der Waals surface area contributed by atoms with Crippen LogP contribution in [-0.2, 0) is 26.3 Å². The maximum absolute atomic E-state index is 13.7. The van der Waals surface area contributed by atoms with Gasteiger partial charge in [-0.2, -0.15) is 0 Å². The van der Waals surface area contributed by atoms with Crippen molar-refractivity contribution in [3.63, 3.8) is 0 Å². The smallest absolute Gasteiger partial charge is 0.268 e. The molecule has 1 amide bonds. The quantitative estimate of drug-likeness (QED) is 0.172. The topological polar surface area (TPSA) is 113 Å². The number of sulfonamides is 1. The van der Waals surface area contributed by atoms with Crippen LogP contribution in [0.25, 0.3) is 11.6 Å². The van der Waals surface area contributed by atoms with Gasteiger partial charge in [0, 0.05) is 61.3 Å². The minimum atomic E-state index is -4.34. The molecule has 4 aromatic carbocycles. The van der Waals surface area contributed by atoms with E-state index in [-0.39, 0.29) is 26.5 Å². The van der Waals surface area contributed by atoms with Gasteiger partial charge >= 0.3 is 0 Å². The van der Waals surface area contributed by atoms with Gasteiger partial charge in [0.25, 0.3) is 15.9 Å². The van der Waals surface area contributed by atoms with Crippen molar-refractivity contribution in [2.45, 2.75) is 49.3 Å².